The van der Waals surface area contributed by atoms with Gasteiger partial charge in [-0.25, -0.2) is 0 Å². The molecule has 7 aromatic carbocycles. The molecule has 0 saturated heterocycles. The van der Waals surface area contributed by atoms with E-state index < -0.39 is 0 Å². The van der Waals surface area contributed by atoms with E-state index in [1.54, 1.807) is 0 Å². The highest BCUT2D eigenvalue weighted by Crippen LogP contribution is 2.40. The Hall–Kier alpha value is -6.06. The van der Waals surface area contributed by atoms with Crippen molar-refractivity contribution >= 4 is 60.9 Å². The normalized spacial score (nSPS) is 11.2. The van der Waals surface area contributed by atoms with Gasteiger partial charge in [-0.1, -0.05) is 129 Å². The van der Waals surface area contributed by atoms with E-state index in [0.29, 0.717) is 0 Å². The van der Waals surface area contributed by atoms with Gasteiger partial charge in [0.2, 0.25) is 0 Å². The van der Waals surface area contributed by atoms with Crippen LogP contribution in [0.25, 0.3) is 66.1 Å². The maximum atomic E-state index is 6.33. The Morgan fingerprint density at radius 1 is 0.340 bits per heavy atom. The van der Waals surface area contributed by atoms with E-state index in [0.717, 1.165) is 83.2 Å². The maximum Gasteiger partial charge on any atom is 0.143 e. The van der Waals surface area contributed by atoms with Crippen molar-refractivity contribution in [3.8, 4) is 22.3 Å². The minimum Gasteiger partial charge on any atom is -0.455 e. The lowest BCUT2D eigenvalue weighted by Crippen LogP contribution is -2.09. The monoisotopic (exact) mass is 607 g/mol. The van der Waals surface area contributed by atoms with E-state index in [1.807, 2.05) is 38.1 Å². The summed E-state index contributed by atoms with van der Waals surface area (Å²) >= 11 is 0. The third-order valence-corrected chi connectivity index (χ3v) is 8.70. The van der Waals surface area contributed by atoms with Crippen LogP contribution in [0, 0.1) is 0 Å². The highest BCUT2D eigenvalue weighted by Gasteiger charge is 2.16. The van der Waals surface area contributed by atoms with Gasteiger partial charge in [0.15, 0.2) is 0 Å². The molecular weight excluding hydrogens is 574 g/mol. The first-order chi connectivity index (χ1) is 23.3. The zero-order valence-electron chi connectivity index (χ0n) is 26.4. The van der Waals surface area contributed by atoms with Crippen LogP contribution < -0.4 is 4.90 Å². The average Bonchev–Trinajstić information content (AvgIpc) is 3.73. The number of rotatable bonds is 5. The van der Waals surface area contributed by atoms with Crippen LogP contribution in [0.3, 0.4) is 0 Å². The molecule has 0 aliphatic rings. The van der Waals surface area contributed by atoms with Gasteiger partial charge in [0.1, 0.15) is 22.3 Å². The predicted octanol–water partition coefficient (Wildman–Crippen LogP) is 13.3. The minimum atomic E-state index is 0.909. The zero-order valence-corrected chi connectivity index (χ0v) is 26.4. The molecule has 2 heterocycles. The van der Waals surface area contributed by atoms with Crippen molar-refractivity contribution in [1.82, 2.24) is 0 Å². The van der Waals surface area contributed by atoms with Crippen molar-refractivity contribution in [2.75, 3.05) is 4.90 Å². The number of furan rings is 2. The Labute approximate surface area is 273 Å². The second kappa shape index (κ2) is 12.0. The fraction of sp³-hybridized carbons (Fsp3) is 0.0455. The second-order valence-electron chi connectivity index (χ2n) is 11.3. The lowest BCUT2D eigenvalue weighted by atomic mass is 10.0. The molecule has 0 spiro atoms. The summed E-state index contributed by atoms with van der Waals surface area (Å²) in [5.41, 5.74) is 11.3. The molecule has 9 rings (SSSR count). The van der Waals surface area contributed by atoms with Crippen LogP contribution in [0.4, 0.5) is 17.1 Å². The molecule has 0 N–H and O–H groups in total. The van der Waals surface area contributed by atoms with Crippen LogP contribution in [-0.4, -0.2) is 0 Å². The Morgan fingerprint density at radius 3 is 1.19 bits per heavy atom. The molecule has 0 fully saturated rings. The summed E-state index contributed by atoms with van der Waals surface area (Å²) < 4.78 is 12.7. The molecular formula is C44H33NO2. The van der Waals surface area contributed by atoms with E-state index >= 15 is 0 Å². The first-order valence-electron chi connectivity index (χ1n) is 16.2. The van der Waals surface area contributed by atoms with Gasteiger partial charge in [-0.15, -0.1) is 0 Å². The molecule has 3 heteroatoms. The highest BCUT2D eigenvalue weighted by molar-refractivity contribution is 6.10. The number of fused-ring (bicyclic) bond motifs is 6. The molecule has 2 aromatic heterocycles. The summed E-state index contributed by atoms with van der Waals surface area (Å²) in [4.78, 5) is 2.29. The molecule has 0 amide bonds. The lowest BCUT2D eigenvalue weighted by Gasteiger charge is -2.26. The molecule has 0 saturated carbocycles. The SMILES string of the molecule is CC.c1ccc(N(c2ccc(-c3cccc4c3oc3ccccc34)cc2)c2ccc(-c3cccc4c3oc3ccccc34)cc2)cc1. The fourth-order valence-corrected chi connectivity index (χ4v) is 6.55. The van der Waals surface area contributed by atoms with Crippen LogP contribution in [-0.2, 0) is 0 Å². The molecule has 3 nitrogen and oxygen atoms in total. The summed E-state index contributed by atoms with van der Waals surface area (Å²) in [6, 6.07) is 57.2. The molecule has 226 valence electrons. The standard InChI is InChI=1S/C42H27NO2.C2H6/c1-2-10-30(11-3-1)43(31-24-20-28(21-25-31)33-14-8-16-37-35-12-4-6-18-39(35)44-41(33)37)32-26-22-29(23-27-32)34-15-9-17-38-36-13-5-7-19-40(36)45-42(34)38;1-2/h1-27H;1-2H3. The van der Waals surface area contributed by atoms with E-state index in [2.05, 4.69) is 144 Å². The topological polar surface area (TPSA) is 29.5 Å². The van der Waals surface area contributed by atoms with Crippen molar-refractivity contribution < 1.29 is 8.83 Å². The number of hydrogen-bond donors (Lipinski definition) is 0. The number of para-hydroxylation sites is 5. The Balaban J connectivity index is 0.00000159. The largest absolute Gasteiger partial charge is 0.455 e. The highest BCUT2D eigenvalue weighted by atomic mass is 16.3. The molecule has 0 aliphatic carbocycles. The van der Waals surface area contributed by atoms with Gasteiger partial charge in [0.05, 0.1) is 0 Å². The molecule has 9 aromatic rings. The Kier molecular flexibility index (Phi) is 7.28. The Bertz CT molecular complexity index is 2310. The third kappa shape index (κ3) is 4.93. The predicted molar refractivity (Wildman–Crippen MR) is 198 cm³/mol. The Morgan fingerprint density at radius 2 is 0.723 bits per heavy atom. The molecule has 0 unspecified atom stereocenters. The van der Waals surface area contributed by atoms with Gasteiger partial charge in [0.25, 0.3) is 0 Å². The number of hydrogen-bond acceptors (Lipinski definition) is 3. The summed E-state index contributed by atoms with van der Waals surface area (Å²) in [6.45, 7) is 4.00. The van der Waals surface area contributed by atoms with E-state index in [9.17, 15) is 0 Å². The third-order valence-electron chi connectivity index (χ3n) is 8.70. The van der Waals surface area contributed by atoms with Gasteiger partial charge in [-0.2, -0.15) is 0 Å². The first-order valence-corrected chi connectivity index (χ1v) is 16.2. The van der Waals surface area contributed by atoms with Crippen LogP contribution in [0.2, 0.25) is 0 Å². The fourth-order valence-electron chi connectivity index (χ4n) is 6.55. The van der Waals surface area contributed by atoms with Crippen molar-refractivity contribution in [3.63, 3.8) is 0 Å². The van der Waals surface area contributed by atoms with Crippen LogP contribution in [0.5, 0.6) is 0 Å². The van der Waals surface area contributed by atoms with Crippen molar-refractivity contribution in [1.29, 1.82) is 0 Å². The van der Waals surface area contributed by atoms with Gasteiger partial charge in [0, 0.05) is 49.7 Å². The van der Waals surface area contributed by atoms with Crippen molar-refractivity contribution in [3.05, 3.63) is 164 Å². The van der Waals surface area contributed by atoms with Gasteiger partial charge in [-0.3, -0.25) is 0 Å². The van der Waals surface area contributed by atoms with Crippen LogP contribution >= 0.6 is 0 Å². The smallest absolute Gasteiger partial charge is 0.143 e. The van der Waals surface area contributed by atoms with Gasteiger partial charge >= 0.3 is 0 Å². The molecule has 0 radical (unpaired) electrons. The molecule has 0 aliphatic heterocycles. The average molecular weight is 608 g/mol. The summed E-state index contributed by atoms with van der Waals surface area (Å²) in [7, 11) is 0. The molecule has 0 bridgehead atoms. The summed E-state index contributed by atoms with van der Waals surface area (Å²) in [5, 5.41) is 4.55. The van der Waals surface area contributed by atoms with E-state index in [1.165, 1.54) is 0 Å². The second-order valence-corrected chi connectivity index (χ2v) is 11.3. The van der Waals surface area contributed by atoms with Crippen LogP contribution in [0.15, 0.2) is 173 Å². The van der Waals surface area contributed by atoms with Crippen LogP contribution in [0.1, 0.15) is 13.8 Å². The van der Waals surface area contributed by atoms with Gasteiger partial charge < -0.3 is 13.7 Å². The zero-order chi connectivity index (χ0) is 31.7. The number of nitrogens with zero attached hydrogens (tertiary/aromatic N) is 1. The minimum absolute atomic E-state index is 0.909. The first kappa shape index (κ1) is 28.4. The summed E-state index contributed by atoms with van der Waals surface area (Å²) in [5.74, 6) is 0. The summed E-state index contributed by atoms with van der Waals surface area (Å²) in [6.07, 6.45) is 0. The quantitative estimate of drug-likeness (QED) is 0.195. The lowest BCUT2D eigenvalue weighted by molar-refractivity contribution is 0.669. The van der Waals surface area contributed by atoms with E-state index in [4.69, 9.17) is 8.83 Å². The molecule has 47 heavy (non-hydrogen) atoms. The number of benzene rings is 7. The maximum absolute atomic E-state index is 6.33. The van der Waals surface area contributed by atoms with Crippen molar-refractivity contribution in [2.45, 2.75) is 13.8 Å². The van der Waals surface area contributed by atoms with Crippen molar-refractivity contribution in [2.24, 2.45) is 0 Å². The van der Waals surface area contributed by atoms with E-state index in [-0.39, 0.29) is 0 Å². The number of anilines is 3. The van der Waals surface area contributed by atoms with Gasteiger partial charge in [-0.05, 0) is 59.7 Å². The molecule has 0 atom stereocenters.